The van der Waals surface area contributed by atoms with Gasteiger partial charge < -0.3 is 0 Å². The molecule has 9 heteroatoms. The first-order valence-electron chi connectivity index (χ1n) is 1.03. The van der Waals surface area contributed by atoms with Gasteiger partial charge in [0.15, 0.2) is 0 Å². The standard InChI is InChI=1S/2Na.H2O5S2/c;;1-6(2)5-7(3)4/h;;(H,1,2)(H,3,4). The molecule has 9 heavy (non-hydrogen) atoms. The minimum Gasteiger partial charge on any atom is -0.283 e. The van der Waals surface area contributed by atoms with E-state index in [0.29, 0.717) is 0 Å². The van der Waals surface area contributed by atoms with Crippen molar-refractivity contribution in [3.8, 4) is 0 Å². The molecule has 0 aliphatic carbocycles. The second-order valence-corrected chi connectivity index (χ2v) is 1.92. The van der Waals surface area contributed by atoms with E-state index in [1.165, 1.54) is 0 Å². The number of hydrogen-bond donors (Lipinski definition) is 2. The zero-order valence-corrected chi connectivity index (χ0v) is 10.6. The molecule has 0 amide bonds. The fourth-order valence-electron chi connectivity index (χ4n) is 0.0498. The van der Waals surface area contributed by atoms with Crippen molar-refractivity contribution in [2.24, 2.45) is 0 Å². The van der Waals surface area contributed by atoms with Gasteiger partial charge in [-0.2, -0.15) is 8.42 Å². The molecule has 0 aliphatic heterocycles. The Kier molecular flexibility index (Phi) is 19.6. The van der Waals surface area contributed by atoms with Crippen LogP contribution in [0.2, 0.25) is 0 Å². The first kappa shape index (κ1) is 17.3. The van der Waals surface area contributed by atoms with Crippen molar-refractivity contribution in [3.63, 3.8) is 0 Å². The average Bonchev–Trinajstić information content (AvgIpc) is 1.27. The maximum Gasteiger partial charge on any atom is 0.317 e. The zero-order chi connectivity index (χ0) is 5.86. The minimum atomic E-state index is -2.65. The molecule has 0 rings (SSSR count). The normalized spacial score (nSPS) is 14.4. The van der Waals surface area contributed by atoms with Gasteiger partial charge in [-0.05, 0) is 0 Å². The molecular weight excluding hydrogens is 190 g/mol. The van der Waals surface area contributed by atoms with E-state index in [9.17, 15) is 8.42 Å². The van der Waals surface area contributed by atoms with E-state index in [0.717, 1.165) is 0 Å². The molecule has 0 saturated carbocycles. The SMILES string of the molecule is O=S(O)OS(=O)O.[Na].[Na]. The van der Waals surface area contributed by atoms with Gasteiger partial charge in [-0.1, -0.05) is 0 Å². The van der Waals surface area contributed by atoms with Crippen molar-refractivity contribution in [1.29, 1.82) is 0 Å². The summed E-state index contributed by atoms with van der Waals surface area (Å²) in [4.78, 5) is 0. The molecule has 0 fully saturated rings. The van der Waals surface area contributed by atoms with Crippen LogP contribution in [0.3, 0.4) is 0 Å². The van der Waals surface area contributed by atoms with E-state index in [1.807, 2.05) is 0 Å². The minimum absolute atomic E-state index is 0. The van der Waals surface area contributed by atoms with Crippen LogP contribution in [0.1, 0.15) is 0 Å². The Bertz CT molecular complexity index is 89.1. The van der Waals surface area contributed by atoms with Crippen molar-refractivity contribution < 1.29 is 21.2 Å². The molecule has 0 saturated heterocycles. The third-order valence-electron chi connectivity index (χ3n) is 0.116. The van der Waals surface area contributed by atoms with Crippen LogP contribution in [0, 0.1) is 0 Å². The van der Waals surface area contributed by atoms with Crippen LogP contribution >= 0.6 is 0 Å². The van der Waals surface area contributed by atoms with Crippen molar-refractivity contribution >= 4 is 81.8 Å². The van der Waals surface area contributed by atoms with E-state index in [4.69, 9.17) is 9.11 Å². The van der Waals surface area contributed by atoms with Crippen LogP contribution in [0.25, 0.3) is 0 Å². The van der Waals surface area contributed by atoms with E-state index in [2.05, 4.69) is 3.63 Å². The fourth-order valence-corrected chi connectivity index (χ4v) is 0.448. The third kappa shape index (κ3) is 17.8. The van der Waals surface area contributed by atoms with Gasteiger partial charge in [0.25, 0.3) is 0 Å². The Labute approximate surface area is 101 Å². The molecule has 2 N–H and O–H groups in total. The molecule has 0 aromatic carbocycles. The predicted molar refractivity (Wildman–Crippen MR) is 34.1 cm³/mol. The fraction of sp³-hybridized carbons (Fsp3) is 0. The molecule has 0 aromatic heterocycles. The van der Waals surface area contributed by atoms with Gasteiger partial charge in [0, 0.05) is 59.1 Å². The average molecular weight is 192 g/mol. The maximum atomic E-state index is 9.35. The predicted octanol–water partition coefficient (Wildman–Crippen LogP) is -1.49. The summed E-state index contributed by atoms with van der Waals surface area (Å²) in [5.74, 6) is 0. The first-order valence-corrected chi connectivity index (χ1v) is 3.10. The molecule has 0 spiro atoms. The summed E-state index contributed by atoms with van der Waals surface area (Å²) < 4.78 is 37.2. The Balaban J connectivity index is -0.000000180. The van der Waals surface area contributed by atoms with Crippen LogP contribution in [0.5, 0.6) is 0 Å². The molecule has 5 nitrogen and oxygen atoms in total. The van der Waals surface area contributed by atoms with Gasteiger partial charge in [-0.15, -0.1) is 3.63 Å². The molecule has 2 radical (unpaired) electrons. The topological polar surface area (TPSA) is 83.8 Å². The van der Waals surface area contributed by atoms with Gasteiger partial charge in [-0.3, -0.25) is 9.11 Å². The Morgan fingerprint density at radius 3 is 1.22 bits per heavy atom. The van der Waals surface area contributed by atoms with Crippen LogP contribution < -0.4 is 0 Å². The quantitative estimate of drug-likeness (QED) is 0.411. The van der Waals surface area contributed by atoms with Gasteiger partial charge in [0.1, 0.15) is 0 Å². The largest absolute Gasteiger partial charge is 0.317 e. The smallest absolute Gasteiger partial charge is 0.283 e. The summed E-state index contributed by atoms with van der Waals surface area (Å²) in [6, 6.07) is 0. The molecule has 0 aliphatic rings. The second kappa shape index (κ2) is 10.2. The number of rotatable bonds is 2. The van der Waals surface area contributed by atoms with Gasteiger partial charge in [-0.25, -0.2) is 0 Å². The zero-order valence-electron chi connectivity index (χ0n) is 4.94. The summed E-state index contributed by atoms with van der Waals surface area (Å²) in [5.41, 5.74) is 0. The van der Waals surface area contributed by atoms with Crippen LogP contribution in [0.15, 0.2) is 0 Å². The third-order valence-corrected chi connectivity index (χ3v) is 1.05. The van der Waals surface area contributed by atoms with Gasteiger partial charge in [0.2, 0.25) is 0 Å². The summed E-state index contributed by atoms with van der Waals surface area (Å²) in [7, 11) is 0. The van der Waals surface area contributed by atoms with Crippen LogP contribution in [-0.2, 0) is 26.4 Å². The van der Waals surface area contributed by atoms with E-state index in [-0.39, 0.29) is 59.1 Å². The molecule has 0 aromatic rings. The van der Waals surface area contributed by atoms with Gasteiger partial charge in [0.05, 0.1) is 0 Å². The second-order valence-electron chi connectivity index (χ2n) is 0.502. The molecule has 0 heterocycles. The van der Waals surface area contributed by atoms with Crippen LogP contribution in [0.4, 0.5) is 0 Å². The van der Waals surface area contributed by atoms with Crippen molar-refractivity contribution in [1.82, 2.24) is 0 Å². The summed E-state index contributed by atoms with van der Waals surface area (Å²) in [6.07, 6.45) is 0. The monoisotopic (exact) mass is 192 g/mol. The summed E-state index contributed by atoms with van der Waals surface area (Å²) in [6.45, 7) is 0. The molecule has 0 unspecified atom stereocenters. The first-order chi connectivity index (χ1) is 3.13. The van der Waals surface area contributed by atoms with Crippen molar-refractivity contribution in [2.45, 2.75) is 0 Å². The van der Waals surface area contributed by atoms with Gasteiger partial charge >= 0.3 is 22.7 Å². The number of hydrogen-bond acceptors (Lipinski definition) is 3. The molecular formula is H2Na2O5S2. The Morgan fingerprint density at radius 2 is 1.22 bits per heavy atom. The maximum absolute atomic E-state index is 9.35. The molecule has 0 bridgehead atoms. The van der Waals surface area contributed by atoms with Crippen LogP contribution in [-0.4, -0.2) is 76.6 Å². The molecule has 0 atom stereocenters. The van der Waals surface area contributed by atoms with Crippen molar-refractivity contribution in [3.05, 3.63) is 0 Å². The Morgan fingerprint density at radius 1 is 1.00 bits per heavy atom. The van der Waals surface area contributed by atoms with Crippen molar-refractivity contribution in [2.75, 3.05) is 0 Å². The van der Waals surface area contributed by atoms with E-state index in [1.54, 1.807) is 0 Å². The van der Waals surface area contributed by atoms with E-state index >= 15 is 0 Å². The summed E-state index contributed by atoms with van der Waals surface area (Å²) in [5, 5.41) is 0. The van der Waals surface area contributed by atoms with E-state index < -0.39 is 22.7 Å². The Hall–Kier alpha value is 2.18. The molecule has 46 valence electrons. The summed E-state index contributed by atoms with van der Waals surface area (Å²) >= 11 is -5.29.